The van der Waals surface area contributed by atoms with E-state index in [2.05, 4.69) is 10.4 Å². The Labute approximate surface area is 135 Å². The van der Waals surface area contributed by atoms with Crippen LogP contribution in [0.1, 0.15) is 26.7 Å². The first kappa shape index (κ1) is 17.1. The molecule has 2 N–H and O–H groups in total. The van der Waals surface area contributed by atoms with Gasteiger partial charge in [-0.2, -0.15) is 5.10 Å². The van der Waals surface area contributed by atoms with Crippen LogP contribution in [0.4, 0.5) is 0 Å². The number of amides is 1. The Morgan fingerprint density at radius 3 is 2.78 bits per heavy atom. The highest BCUT2D eigenvalue weighted by atomic mass is 16.3. The van der Waals surface area contributed by atoms with Crippen molar-refractivity contribution < 1.29 is 9.90 Å². The Kier molecular flexibility index (Phi) is 5.87. The van der Waals surface area contributed by atoms with E-state index >= 15 is 0 Å². The summed E-state index contributed by atoms with van der Waals surface area (Å²) in [6.07, 6.45) is 2.26. The Hall–Kier alpha value is -2.21. The van der Waals surface area contributed by atoms with Crippen molar-refractivity contribution in [3.63, 3.8) is 0 Å². The van der Waals surface area contributed by atoms with Crippen molar-refractivity contribution in [1.29, 1.82) is 0 Å². The van der Waals surface area contributed by atoms with Crippen LogP contribution in [0, 0.1) is 5.92 Å². The molecule has 0 fully saturated rings. The molecule has 6 heteroatoms. The number of carbonyl (C=O) groups excluding carboxylic acids is 1. The SMILES string of the molecule is CC(C)CC(CO)NC(=O)CCn1ncc(=O)c2ccccc21. The first-order chi connectivity index (χ1) is 11.0. The molecule has 1 aromatic carbocycles. The maximum absolute atomic E-state index is 12.0. The van der Waals surface area contributed by atoms with Crippen molar-refractivity contribution in [3.05, 3.63) is 40.7 Å². The van der Waals surface area contributed by atoms with E-state index in [0.717, 1.165) is 6.42 Å². The molecule has 124 valence electrons. The largest absolute Gasteiger partial charge is 0.394 e. The van der Waals surface area contributed by atoms with Gasteiger partial charge in [0.25, 0.3) is 0 Å². The molecule has 0 aliphatic heterocycles. The predicted octanol–water partition coefficient (Wildman–Crippen LogP) is 1.31. The van der Waals surface area contributed by atoms with E-state index in [0.29, 0.717) is 23.4 Å². The van der Waals surface area contributed by atoms with Crippen LogP contribution in [0.15, 0.2) is 35.3 Å². The van der Waals surface area contributed by atoms with Crippen LogP contribution in [0.25, 0.3) is 10.9 Å². The van der Waals surface area contributed by atoms with E-state index < -0.39 is 0 Å². The van der Waals surface area contributed by atoms with E-state index in [1.807, 2.05) is 26.0 Å². The Bertz CT molecular complexity index is 724. The second-order valence-electron chi connectivity index (χ2n) is 6.08. The Balaban J connectivity index is 2.02. The molecule has 1 aromatic heterocycles. The molecule has 0 aliphatic rings. The van der Waals surface area contributed by atoms with Gasteiger partial charge in [0.15, 0.2) is 0 Å². The normalized spacial score (nSPS) is 12.5. The average molecular weight is 317 g/mol. The van der Waals surface area contributed by atoms with Crippen molar-refractivity contribution in [3.8, 4) is 0 Å². The standard InChI is InChI=1S/C17H23N3O3/c1-12(2)9-13(11-21)19-17(23)7-8-20-15-6-4-3-5-14(15)16(22)10-18-20/h3-6,10,12-13,21H,7-9,11H2,1-2H3,(H,19,23). The summed E-state index contributed by atoms with van der Waals surface area (Å²) in [4.78, 5) is 23.8. The molecule has 23 heavy (non-hydrogen) atoms. The van der Waals surface area contributed by atoms with Gasteiger partial charge < -0.3 is 10.4 Å². The van der Waals surface area contributed by atoms with E-state index in [9.17, 15) is 14.7 Å². The minimum absolute atomic E-state index is 0.0663. The molecule has 2 rings (SSSR count). The van der Waals surface area contributed by atoms with Crippen LogP contribution in [0.5, 0.6) is 0 Å². The summed E-state index contributed by atoms with van der Waals surface area (Å²) in [5.41, 5.74) is 0.590. The molecule has 1 atom stereocenters. The number of hydrogen-bond acceptors (Lipinski definition) is 4. The fourth-order valence-corrected chi connectivity index (χ4v) is 2.59. The minimum Gasteiger partial charge on any atom is -0.394 e. The molecule has 0 radical (unpaired) electrons. The number of aryl methyl sites for hydroxylation is 1. The van der Waals surface area contributed by atoms with Crippen molar-refractivity contribution in [1.82, 2.24) is 15.1 Å². The summed E-state index contributed by atoms with van der Waals surface area (Å²) in [5, 5.41) is 16.8. The zero-order chi connectivity index (χ0) is 16.8. The summed E-state index contributed by atoms with van der Waals surface area (Å²) in [6, 6.07) is 6.99. The van der Waals surface area contributed by atoms with Crippen molar-refractivity contribution >= 4 is 16.8 Å². The number of benzene rings is 1. The molecule has 0 aliphatic carbocycles. The highest BCUT2D eigenvalue weighted by molar-refractivity contribution is 5.79. The number of aliphatic hydroxyl groups excluding tert-OH is 1. The summed E-state index contributed by atoms with van der Waals surface area (Å²) in [7, 11) is 0. The van der Waals surface area contributed by atoms with Crippen molar-refractivity contribution in [2.45, 2.75) is 39.3 Å². The maximum Gasteiger partial charge on any atom is 0.222 e. The van der Waals surface area contributed by atoms with E-state index in [4.69, 9.17) is 0 Å². The van der Waals surface area contributed by atoms with Gasteiger partial charge in [-0.05, 0) is 24.5 Å². The van der Waals surface area contributed by atoms with Gasteiger partial charge in [0.05, 0.1) is 30.9 Å². The molecule has 0 bridgehead atoms. The third-order valence-corrected chi connectivity index (χ3v) is 3.65. The third kappa shape index (κ3) is 4.63. The number of rotatable bonds is 7. The Morgan fingerprint density at radius 2 is 2.09 bits per heavy atom. The van der Waals surface area contributed by atoms with E-state index in [-0.39, 0.29) is 30.4 Å². The number of aliphatic hydroxyl groups is 1. The Morgan fingerprint density at radius 1 is 1.35 bits per heavy atom. The maximum atomic E-state index is 12.0. The fourth-order valence-electron chi connectivity index (χ4n) is 2.59. The number of hydrogen-bond donors (Lipinski definition) is 2. The second kappa shape index (κ2) is 7.87. The minimum atomic E-state index is -0.221. The van der Waals surface area contributed by atoms with Crippen LogP contribution in [0.2, 0.25) is 0 Å². The lowest BCUT2D eigenvalue weighted by atomic mass is 10.0. The van der Waals surface area contributed by atoms with Gasteiger partial charge in [0.1, 0.15) is 0 Å². The van der Waals surface area contributed by atoms with Gasteiger partial charge in [-0.1, -0.05) is 26.0 Å². The first-order valence-corrected chi connectivity index (χ1v) is 7.86. The molecule has 0 saturated carbocycles. The van der Waals surface area contributed by atoms with Crippen LogP contribution in [-0.2, 0) is 11.3 Å². The second-order valence-corrected chi connectivity index (χ2v) is 6.08. The van der Waals surface area contributed by atoms with Gasteiger partial charge in [-0.3, -0.25) is 14.3 Å². The predicted molar refractivity (Wildman–Crippen MR) is 89.1 cm³/mol. The van der Waals surface area contributed by atoms with Gasteiger partial charge in [0, 0.05) is 11.8 Å². The highest BCUT2D eigenvalue weighted by Crippen LogP contribution is 2.09. The van der Waals surface area contributed by atoms with E-state index in [1.165, 1.54) is 6.20 Å². The molecule has 0 spiro atoms. The number of aromatic nitrogens is 2. The molecular weight excluding hydrogens is 294 g/mol. The number of nitrogens with zero attached hydrogens (tertiary/aromatic N) is 2. The lowest BCUT2D eigenvalue weighted by molar-refractivity contribution is -0.122. The molecule has 6 nitrogen and oxygen atoms in total. The summed E-state index contributed by atoms with van der Waals surface area (Å²) in [6.45, 7) is 4.41. The monoisotopic (exact) mass is 317 g/mol. The average Bonchev–Trinajstić information content (AvgIpc) is 2.53. The zero-order valence-corrected chi connectivity index (χ0v) is 13.5. The summed E-state index contributed by atoms with van der Waals surface area (Å²) in [5.74, 6) is 0.270. The molecule has 1 heterocycles. The number of para-hydroxylation sites is 1. The number of nitrogens with one attached hydrogen (secondary N) is 1. The molecule has 2 aromatic rings. The molecular formula is C17H23N3O3. The molecule has 1 amide bonds. The van der Waals surface area contributed by atoms with Crippen LogP contribution in [0.3, 0.4) is 0 Å². The lowest BCUT2D eigenvalue weighted by Crippen LogP contribution is -2.38. The highest BCUT2D eigenvalue weighted by Gasteiger charge is 2.13. The van der Waals surface area contributed by atoms with E-state index in [1.54, 1.807) is 16.8 Å². The van der Waals surface area contributed by atoms with Crippen molar-refractivity contribution in [2.75, 3.05) is 6.61 Å². The molecule has 1 unspecified atom stereocenters. The van der Waals surface area contributed by atoms with Gasteiger partial charge in [0.2, 0.25) is 11.3 Å². The van der Waals surface area contributed by atoms with Gasteiger partial charge in [-0.25, -0.2) is 0 Å². The summed E-state index contributed by atoms with van der Waals surface area (Å²) < 4.78 is 1.66. The summed E-state index contributed by atoms with van der Waals surface area (Å²) >= 11 is 0. The zero-order valence-electron chi connectivity index (χ0n) is 13.5. The van der Waals surface area contributed by atoms with Crippen LogP contribution < -0.4 is 10.7 Å². The lowest BCUT2D eigenvalue weighted by Gasteiger charge is -2.18. The topological polar surface area (TPSA) is 84.2 Å². The van der Waals surface area contributed by atoms with Crippen molar-refractivity contribution in [2.24, 2.45) is 5.92 Å². The fraction of sp³-hybridized carbons (Fsp3) is 0.471. The van der Waals surface area contributed by atoms with Gasteiger partial charge in [-0.15, -0.1) is 0 Å². The van der Waals surface area contributed by atoms with Crippen LogP contribution >= 0.6 is 0 Å². The molecule has 0 saturated heterocycles. The smallest absolute Gasteiger partial charge is 0.222 e. The van der Waals surface area contributed by atoms with Gasteiger partial charge >= 0.3 is 0 Å². The first-order valence-electron chi connectivity index (χ1n) is 7.86. The van der Waals surface area contributed by atoms with Crippen LogP contribution in [-0.4, -0.2) is 33.4 Å². The number of carbonyl (C=O) groups is 1. The third-order valence-electron chi connectivity index (χ3n) is 3.65. The number of fused-ring (bicyclic) bond motifs is 1. The quantitative estimate of drug-likeness (QED) is 0.806.